The van der Waals surface area contributed by atoms with Crippen molar-refractivity contribution in [1.82, 2.24) is 9.38 Å². The molecule has 2 aromatic heterocycles. The van der Waals surface area contributed by atoms with Crippen molar-refractivity contribution in [2.75, 3.05) is 0 Å². The first-order valence-corrected chi connectivity index (χ1v) is 5.68. The van der Waals surface area contributed by atoms with Gasteiger partial charge in [0.2, 0.25) is 0 Å². The topological polar surface area (TPSA) is 60.4 Å². The number of nitrogens with two attached hydrogens (primary N) is 1. The highest BCUT2D eigenvalue weighted by molar-refractivity contribution is 5.91. The number of rotatable bonds is 2. The van der Waals surface area contributed by atoms with Gasteiger partial charge in [-0.3, -0.25) is 4.79 Å². The fourth-order valence-electron chi connectivity index (χ4n) is 1.92. The van der Waals surface area contributed by atoms with Gasteiger partial charge in [0.05, 0.1) is 0 Å². The number of halogens is 1. The van der Waals surface area contributed by atoms with Gasteiger partial charge in [-0.25, -0.2) is 9.37 Å². The number of amides is 1. The average molecular weight is 255 g/mol. The van der Waals surface area contributed by atoms with E-state index in [1.807, 2.05) is 12.3 Å². The number of hydrogen-bond acceptors (Lipinski definition) is 2. The van der Waals surface area contributed by atoms with Crippen molar-refractivity contribution in [3.8, 4) is 11.1 Å². The molecule has 3 rings (SSSR count). The van der Waals surface area contributed by atoms with Gasteiger partial charge in [0.15, 0.2) is 0 Å². The Bertz CT molecular complexity index is 762. The van der Waals surface area contributed by atoms with Crippen LogP contribution in [0.25, 0.3) is 16.8 Å². The molecule has 3 aromatic rings. The zero-order chi connectivity index (χ0) is 13.4. The van der Waals surface area contributed by atoms with E-state index in [0.29, 0.717) is 5.65 Å². The highest BCUT2D eigenvalue weighted by Gasteiger charge is 2.07. The van der Waals surface area contributed by atoms with Crippen molar-refractivity contribution < 1.29 is 9.18 Å². The number of nitrogens with zero attached hydrogens (tertiary/aromatic N) is 2. The Morgan fingerprint density at radius 2 is 1.74 bits per heavy atom. The van der Waals surface area contributed by atoms with Crippen LogP contribution in [0.15, 0.2) is 48.8 Å². The first-order chi connectivity index (χ1) is 9.13. The molecule has 19 heavy (non-hydrogen) atoms. The molecule has 0 aliphatic rings. The summed E-state index contributed by atoms with van der Waals surface area (Å²) in [6.07, 6.45) is 3.40. The van der Waals surface area contributed by atoms with Crippen LogP contribution in [0.1, 0.15) is 10.5 Å². The Balaban J connectivity index is 2.10. The number of primary amides is 1. The molecular formula is C14H10FN3O. The van der Waals surface area contributed by atoms with Gasteiger partial charge in [0.25, 0.3) is 5.91 Å². The van der Waals surface area contributed by atoms with Crippen molar-refractivity contribution in [2.45, 2.75) is 0 Å². The fourth-order valence-corrected chi connectivity index (χ4v) is 1.92. The summed E-state index contributed by atoms with van der Waals surface area (Å²) in [5.74, 6) is -0.837. The molecule has 1 aromatic carbocycles. The monoisotopic (exact) mass is 255 g/mol. The Morgan fingerprint density at radius 3 is 2.42 bits per heavy atom. The van der Waals surface area contributed by atoms with E-state index in [2.05, 4.69) is 4.98 Å². The molecule has 0 spiro atoms. The van der Waals surface area contributed by atoms with E-state index in [0.717, 1.165) is 11.1 Å². The quantitative estimate of drug-likeness (QED) is 0.763. The number of hydrogen-bond donors (Lipinski definition) is 1. The molecule has 0 saturated heterocycles. The number of imidazole rings is 1. The van der Waals surface area contributed by atoms with Crippen molar-refractivity contribution >= 4 is 11.6 Å². The number of benzene rings is 1. The lowest BCUT2D eigenvalue weighted by atomic mass is 10.1. The van der Waals surface area contributed by atoms with Crippen molar-refractivity contribution in [2.24, 2.45) is 5.73 Å². The molecule has 0 unspecified atom stereocenters. The number of carbonyl (C=O) groups is 1. The third kappa shape index (κ3) is 2.06. The first-order valence-electron chi connectivity index (χ1n) is 5.68. The van der Waals surface area contributed by atoms with E-state index >= 15 is 0 Å². The lowest BCUT2D eigenvalue weighted by Gasteiger charge is -2.02. The van der Waals surface area contributed by atoms with Crippen LogP contribution >= 0.6 is 0 Å². The third-order valence-electron chi connectivity index (χ3n) is 2.88. The second-order valence-corrected chi connectivity index (χ2v) is 4.18. The van der Waals surface area contributed by atoms with Gasteiger partial charge in [-0.2, -0.15) is 0 Å². The molecule has 2 N–H and O–H groups in total. The van der Waals surface area contributed by atoms with Crippen molar-refractivity contribution in [3.05, 3.63) is 60.3 Å². The Hall–Kier alpha value is -2.69. The standard InChI is InChI=1S/C14H10FN3O/c15-11-4-1-9(2-5-11)10-3-6-13-17-12(14(16)19)8-18(13)7-10/h1-8H,(H2,16,19). The predicted octanol–water partition coefficient (Wildman–Crippen LogP) is 2.24. The molecule has 0 aliphatic carbocycles. The van der Waals surface area contributed by atoms with E-state index in [9.17, 15) is 9.18 Å². The molecule has 1 amide bonds. The summed E-state index contributed by atoms with van der Waals surface area (Å²) >= 11 is 0. The van der Waals surface area contributed by atoms with Gasteiger partial charge in [0.1, 0.15) is 17.2 Å². The highest BCUT2D eigenvalue weighted by atomic mass is 19.1. The third-order valence-corrected chi connectivity index (χ3v) is 2.88. The highest BCUT2D eigenvalue weighted by Crippen LogP contribution is 2.20. The van der Waals surface area contributed by atoms with Gasteiger partial charge >= 0.3 is 0 Å². The number of carbonyl (C=O) groups excluding carboxylic acids is 1. The minimum absolute atomic E-state index is 0.219. The second kappa shape index (κ2) is 4.20. The van der Waals surface area contributed by atoms with E-state index in [-0.39, 0.29) is 11.5 Å². The van der Waals surface area contributed by atoms with Crippen LogP contribution < -0.4 is 5.73 Å². The minimum Gasteiger partial charge on any atom is -0.364 e. The molecule has 0 atom stereocenters. The van der Waals surface area contributed by atoms with Gasteiger partial charge < -0.3 is 10.1 Å². The smallest absolute Gasteiger partial charge is 0.268 e. The number of aromatic nitrogens is 2. The largest absolute Gasteiger partial charge is 0.364 e. The maximum Gasteiger partial charge on any atom is 0.268 e. The zero-order valence-electron chi connectivity index (χ0n) is 9.88. The minimum atomic E-state index is -0.563. The molecule has 94 valence electrons. The molecule has 5 heteroatoms. The van der Waals surface area contributed by atoms with Crippen LogP contribution in [0.5, 0.6) is 0 Å². The van der Waals surface area contributed by atoms with Crippen LogP contribution in [0, 0.1) is 5.82 Å². The van der Waals surface area contributed by atoms with Crippen LogP contribution in [0.4, 0.5) is 4.39 Å². The summed E-state index contributed by atoms with van der Waals surface area (Å²) in [5.41, 5.74) is 7.83. The van der Waals surface area contributed by atoms with Gasteiger partial charge in [-0.15, -0.1) is 0 Å². The van der Waals surface area contributed by atoms with Crippen molar-refractivity contribution in [1.29, 1.82) is 0 Å². The summed E-state index contributed by atoms with van der Waals surface area (Å²) < 4.78 is 14.6. The van der Waals surface area contributed by atoms with E-state index < -0.39 is 5.91 Å². The van der Waals surface area contributed by atoms with Crippen LogP contribution in [0.2, 0.25) is 0 Å². The second-order valence-electron chi connectivity index (χ2n) is 4.18. The van der Waals surface area contributed by atoms with Crippen LogP contribution in [-0.2, 0) is 0 Å². The molecule has 0 saturated carbocycles. The Labute approximate surface area is 108 Å². The maximum atomic E-state index is 12.9. The average Bonchev–Trinajstić information content (AvgIpc) is 2.82. The van der Waals surface area contributed by atoms with Crippen LogP contribution in [-0.4, -0.2) is 15.3 Å². The normalized spacial score (nSPS) is 10.8. The Morgan fingerprint density at radius 1 is 1.05 bits per heavy atom. The van der Waals surface area contributed by atoms with Gasteiger partial charge in [-0.05, 0) is 35.4 Å². The van der Waals surface area contributed by atoms with Gasteiger partial charge in [-0.1, -0.05) is 12.1 Å². The van der Waals surface area contributed by atoms with Crippen LogP contribution in [0.3, 0.4) is 0 Å². The molecule has 4 nitrogen and oxygen atoms in total. The zero-order valence-corrected chi connectivity index (χ0v) is 9.88. The Kier molecular flexibility index (Phi) is 2.52. The molecule has 0 radical (unpaired) electrons. The van der Waals surface area contributed by atoms with E-state index in [1.54, 1.807) is 28.8 Å². The predicted molar refractivity (Wildman–Crippen MR) is 69.1 cm³/mol. The van der Waals surface area contributed by atoms with Gasteiger partial charge in [0, 0.05) is 12.4 Å². The lowest BCUT2D eigenvalue weighted by molar-refractivity contribution is 0.0996. The van der Waals surface area contributed by atoms with E-state index in [4.69, 9.17) is 5.73 Å². The lowest BCUT2D eigenvalue weighted by Crippen LogP contribution is -2.10. The summed E-state index contributed by atoms with van der Waals surface area (Å²) in [5, 5.41) is 0. The van der Waals surface area contributed by atoms with E-state index in [1.165, 1.54) is 12.1 Å². The molecule has 0 fully saturated rings. The maximum absolute atomic E-state index is 12.9. The summed E-state index contributed by atoms with van der Waals surface area (Å²) in [6, 6.07) is 9.85. The molecule has 0 bridgehead atoms. The number of pyridine rings is 1. The molecule has 2 heterocycles. The molecular weight excluding hydrogens is 245 g/mol. The first kappa shape index (κ1) is 11.4. The SMILES string of the molecule is NC(=O)c1cn2cc(-c3ccc(F)cc3)ccc2n1. The summed E-state index contributed by atoms with van der Waals surface area (Å²) in [7, 11) is 0. The number of fused-ring (bicyclic) bond motifs is 1. The summed E-state index contributed by atoms with van der Waals surface area (Å²) in [4.78, 5) is 15.2. The summed E-state index contributed by atoms with van der Waals surface area (Å²) in [6.45, 7) is 0. The molecule has 0 aliphatic heterocycles. The van der Waals surface area contributed by atoms with Crippen molar-refractivity contribution in [3.63, 3.8) is 0 Å². The fraction of sp³-hybridized carbons (Fsp3) is 0.